The molecule has 0 aromatic carbocycles. The van der Waals surface area contributed by atoms with Crippen molar-refractivity contribution in [3.05, 3.63) is 0 Å². The van der Waals surface area contributed by atoms with Crippen LogP contribution in [0.5, 0.6) is 0 Å². The number of nitrogens with one attached hydrogen (secondary N) is 1. The highest BCUT2D eigenvalue weighted by Crippen LogP contribution is 2.32. The number of likely N-dealkylation sites (N-methyl/N-ethyl adjacent to an activating group) is 2. The van der Waals surface area contributed by atoms with Gasteiger partial charge in [0.2, 0.25) is 0 Å². The molecule has 112 valence electrons. The molecule has 1 heterocycles. The number of hydrogen-bond donors (Lipinski definition) is 1. The Morgan fingerprint density at radius 1 is 1.16 bits per heavy atom. The predicted octanol–water partition coefficient (Wildman–Crippen LogP) is 2.32. The van der Waals surface area contributed by atoms with E-state index in [9.17, 15) is 0 Å². The zero-order valence-electron chi connectivity index (χ0n) is 13.4. The molecule has 19 heavy (non-hydrogen) atoms. The van der Waals surface area contributed by atoms with E-state index in [4.69, 9.17) is 0 Å². The Morgan fingerprint density at radius 2 is 1.84 bits per heavy atom. The van der Waals surface area contributed by atoms with Crippen molar-refractivity contribution in [3.63, 3.8) is 0 Å². The molecule has 2 fully saturated rings. The van der Waals surface area contributed by atoms with Crippen LogP contribution in [-0.2, 0) is 0 Å². The number of hydrogen-bond acceptors (Lipinski definition) is 3. The summed E-state index contributed by atoms with van der Waals surface area (Å²) in [5.41, 5.74) is 0.360. The molecule has 0 amide bonds. The maximum Gasteiger partial charge on any atom is 0.0345 e. The summed E-state index contributed by atoms with van der Waals surface area (Å²) < 4.78 is 0. The third-order valence-corrected chi connectivity index (χ3v) is 5.34. The Balaban J connectivity index is 2.10. The number of nitrogens with zero attached hydrogens (tertiary/aromatic N) is 2. The summed E-state index contributed by atoms with van der Waals surface area (Å²) in [6.07, 6.45) is 8.44. The van der Waals surface area contributed by atoms with Gasteiger partial charge in [0, 0.05) is 30.7 Å². The van der Waals surface area contributed by atoms with Crippen molar-refractivity contribution in [1.82, 2.24) is 15.1 Å². The van der Waals surface area contributed by atoms with Crippen molar-refractivity contribution < 1.29 is 0 Å². The van der Waals surface area contributed by atoms with Gasteiger partial charge >= 0.3 is 0 Å². The summed E-state index contributed by atoms with van der Waals surface area (Å²) in [6.45, 7) is 8.47. The smallest absolute Gasteiger partial charge is 0.0345 e. The maximum atomic E-state index is 3.38. The van der Waals surface area contributed by atoms with Gasteiger partial charge in [-0.1, -0.05) is 19.3 Å². The molecule has 1 unspecified atom stereocenters. The summed E-state index contributed by atoms with van der Waals surface area (Å²) in [4.78, 5) is 5.40. The SMILES string of the molecule is CNCC1CN(C2CCCCC2)C(C)(C)CCN1C. The van der Waals surface area contributed by atoms with E-state index in [1.54, 1.807) is 0 Å². The van der Waals surface area contributed by atoms with E-state index in [0.717, 1.165) is 12.6 Å². The molecule has 1 N–H and O–H groups in total. The lowest BCUT2D eigenvalue weighted by molar-refractivity contribution is 0.0457. The molecule has 3 nitrogen and oxygen atoms in total. The molecule has 3 heteroatoms. The highest BCUT2D eigenvalue weighted by atomic mass is 15.3. The van der Waals surface area contributed by atoms with Crippen LogP contribution in [0.2, 0.25) is 0 Å². The first-order valence-electron chi connectivity index (χ1n) is 8.16. The first kappa shape index (κ1) is 15.3. The van der Waals surface area contributed by atoms with Gasteiger partial charge in [-0.2, -0.15) is 0 Å². The lowest BCUT2D eigenvalue weighted by atomic mass is 9.88. The molecule has 2 rings (SSSR count). The van der Waals surface area contributed by atoms with Crippen LogP contribution < -0.4 is 5.32 Å². The van der Waals surface area contributed by atoms with Gasteiger partial charge in [-0.15, -0.1) is 0 Å². The van der Waals surface area contributed by atoms with Crippen molar-refractivity contribution in [3.8, 4) is 0 Å². The summed E-state index contributed by atoms with van der Waals surface area (Å²) >= 11 is 0. The Bertz CT molecular complexity index is 271. The van der Waals surface area contributed by atoms with Gasteiger partial charge in [-0.05, 0) is 53.8 Å². The second-order valence-electron chi connectivity index (χ2n) is 7.20. The first-order chi connectivity index (χ1) is 9.04. The van der Waals surface area contributed by atoms with Gasteiger partial charge < -0.3 is 10.2 Å². The van der Waals surface area contributed by atoms with E-state index < -0.39 is 0 Å². The molecule has 1 atom stereocenters. The van der Waals surface area contributed by atoms with E-state index in [1.807, 2.05) is 0 Å². The molecule has 0 bridgehead atoms. The predicted molar refractivity (Wildman–Crippen MR) is 82.6 cm³/mol. The zero-order valence-corrected chi connectivity index (χ0v) is 13.4. The normalized spacial score (nSPS) is 31.3. The van der Waals surface area contributed by atoms with Crippen molar-refractivity contribution in [1.29, 1.82) is 0 Å². The van der Waals surface area contributed by atoms with Crippen molar-refractivity contribution in [2.75, 3.05) is 33.7 Å². The summed E-state index contributed by atoms with van der Waals surface area (Å²) in [5.74, 6) is 0. The van der Waals surface area contributed by atoms with Crippen LogP contribution in [0, 0.1) is 0 Å². The van der Waals surface area contributed by atoms with E-state index in [-0.39, 0.29) is 0 Å². The minimum absolute atomic E-state index is 0.360. The lowest BCUT2D eigenvalue weighted by Gasteiger charge is -2.45. The standard InChI is InChI=1S/C16H33N3/c1-16(2)10-11-18(4)15(12-17-3)13-19(16)14-8-6-5-7-9-14/h14-15,17H,5-13H2,1-4H3. The Labute approximate surface area is 119 Å². The average Bonchev–Trinajstić information content (AvgIpc) is 2.51. The van der Waals surface area contributed by atoms with Crippen molar-refractivity contribution in [2.45, 2.75) is 70.0 Å². The van der Waals surface area contributed by atoms with E-state index >= 15 is 0 Å². The van der Waals surface area contributed by atoms with Crippen molar-refractivity contribution in [2.24, 2.45) is 0 Å². The van der Waals surface area contributed by atoms with Gasteiger partial charge in [0.1, 0.15) is 0 Å². The second kappa shape index (κ2) is 6.55. The minimum atomic E-state index is 0.360. The third kappa shape index (κ3) is 3.71. The second-order valence-corrected chi connectivity index (χ2v) is 7.20. The molecule has 1 aliphatic heterocycles. The Morgan fingerprint density at radius 3 is 2.47 bits per heavy atom. The number of rotatable bonds is 3. The Hall–Kier alpha value is -0.120. The molecular formula is C16H33N3. The fourth-order valence-electron chi connectivity index (χ4n) is 3.88. The quantitative estimate of drug-likeness (QED) is 0.846. The molecule has 1 saturated heterocycles. The minimum Gasteiger partial charge on any atom is -0.318 e. The molecule has 2 aliphatic rings. The van der Waals surface area contributed by atoms with Crippen LogP contribution in [0.3, 0.4) is 0 Å². The van der Waals surface area contributed by atoms with Crippen LogP contribution in [0.4, 0.5) is 0 Å². The molecule has 0 spiro atoms. The van der Waals surface area contributed by atoms with Gasteiger partial charge in [0.05, 0.1) is 0 Å². The monoisotopic (exact) mass is 267 g/mol. The topological polar surface area (TPSA) is 18.5 Å². The van der Waals surface area contributed by atoms with Crippen LogP contribution in [-0.4, -0.2) is 61.2 Å². The van der Waals surface area contributed by atoms with Gasteiger partial charge in [-0.25, -0.2) is 0 Å². The highest BCUT2D eigenvalue weighted by Gasteiger charge is 2.37. The molecule has 1 aliphatic carbocycles. The third-order valence-electron chi connectivity index (χ3n) is 5.34. The van der Waals surface area contributed by atoms with E-state index in [2.05, 4.69) is 43.1 Å². The fourth-order valence-corrected chi connectivity index (χ4v) is 3.88. The lowest BCUT2D eigenvalue weighted by Crippen LogP contribution is -2.54. The van der Waals surface area contributed by atoms with Crippen LogP contribution >= 0.6 is 0 Å². The first-order valence-corrected chi connectivity index (χ1v) is 8.16. The summed E-state index contributed by atoms with van der Waals surface area (Å²) in [6, 6.07) is 1.49. The molecule has 0 aromatic heterocycles. The van der Waals surface area contributed by atoms with Gasteiger partial charge in [0.25, 0.3) is 0 Å². The summed E-state index contributed by atoms with van der Waals surface area (Å²) in [5, 5.41) is 3.38. The van der Waals surface area contributed by atoms with Gasteiger partial charge in [0.15, 0.2) is 0 Å². The average molecular weight is 267 g/mol. The zero-order chi connectivity index (χ0) is 13.9. The molecule has 1 saturated carbocycles. The largest absolute Gasteiger partial charge is 0.318 e. The van der Waals surface area contributed by atoms with Crippen molar-refractivity contribution >= 4 is 0 Å². The fraction of sp³-hybridized carbons (Fsp3) is 1.00. The van der Waals surface area contributed by atoms with Crippen LogP contribution in [0.15, 0.2) is 0 Å². The highest BCUT2D eigenvalue weighted by molar-refractivity contribution is 4.94. The summed E-state index contributed by atoms with van der Waals surface area (Å²) in [7, 11) is 4.37. The maximum absolute atomic E-state index is 3.38. The molecule has 0 aromatic rings. The van der Waals surface area contributed by atoms with Crippen LogP contribution in [0.25, 0.3) is 0 Å². The van der Waals surface area contributed by atoms with E-state index in [1.165, 1.54) is 51.6 Å². The Kier molecular flexibility index (Phi) is 5.27. The molecular weight excluding hydrogens is 234 g/mol. The van der Waals surface area contributed by atoms with E-state index in [0.29, 0.717) is 11.6 Å². The van der Waals surface area contributed by atoms with Crippen LogP contribution in [0.1, 0.15) is 52.4 Å². The van der Waals surface area contributed by atoms with Gasteiger partial charge in [-0.3, -0.25) is 4.90 Å². The molecule has 0 radical (unpaired) electrons.